The summed E-state index contributed by atoms with van der Waals surface area (Å²) in [6.07, 6.45) is 1.11. The lowest BCUT2D eigenvalue weighted by atomic mass is 10.2. The second-order valence-corrected chi connectivity index (χ2v) is 5.96. The third kappa shape index (κ3) is 3.21. The van der Waals surface area contributed by atoms with E-state index in [9.17, 15) is 22.6 Å². The van der Waals surface area contributed by atoms with Crippen molar-refractivity contribution in [2.45, 2.75) is 18.2 Å². The summed E-state index contributed by atoms with van der Waals surface area (Å²) >= 11 is 0. The summed E-state index contributed by atoms with van der Waals surface area (Å²) in [5.41, 5.74) is 0.714. The summed E-state index contributed by atoms with van der Waals surface area (Å²) in [7, 11) is -4.54. The van der Waals surface area contributed by atoms with E-state index in [1.807, 2.05) is 0 Å². The molecule has 2 N–H and O–H groups in total. The van der Waals surface area contributed by atoms with Crippen molar-refractivity contribution >= 4 is 39.0 Å². The van der Waals surface area contributed by atoms with E-state index in [1.165, 1.54) is 12.1 Å². The number of hydrazone groups is 1. The molecule has 8 nitrogen and oxygen atoms in total. The van der Waals surface area contributed by atoms with E-state index in [4.69, 9.17) is 0 Å². The molecule has 0 saturated carbocycles. The molecule has 1 aliphatic heterocycles. The molecule has 9 heteroatoms. The molecule has 0 atom stereocenters. The average molecular weight is 323 g/mol. The number of carbonyl (C=O) groups is 2. The number of hydrogen-bond acceptors (Lipinski definition) is 5. The van der Waals surface area contributed by atoms with Crippen molar-refractivity contribution in [3.8, 4) is 0 Å². The van der Waals surface area contributed by atoms with Crippen LogP contribution in [0, 0.1) is 0 Å². The van der Waals surface area contributed by atoms with Crippen molar-refractivity contribution in [3.63, 3.8) is 0 Å². The molecule has 1 aliphatic rings. The summed E-state index contributed by atoms with van der Waals surface area (Å²) in [4.78, 5) is 22.7. The first kappa shape index (κ1) is 15.9. The van der Waals surface area contributed by atoms with Crippen LogP contribution in [-0.2, 0) is 19.7 Å². The fourth-order valence-electron chi connectivity index (χ4n) is 1.91. The normalized spacial score (nSPS) is 14.7. The minimum Gasteiger partial charge on any atom is -0.321 e. The Kier molecular flexibility index (Phi) is 4.11. The fraction of sp³-hybridized carbons (Fsp3) is 0.154. The van der Waals surface area contributed by atoms with Crippen molar-refractivity contribution in [1.29, 1.82) is 0 Å². The lowest BCUT2D eigenvalue weighted by Gasteiger charge is -2.15. The maximum Gasteiger partial charge on any atom is 0.296 e. The Labute approximate surface area is 126 Å². The summed E-state index contributed by atoms with van der Waals surface area (Å²) in [5, 5.41) is 7.41. The second-order valence-electron chi connectivity index (χ2n) is 4.57. The maximum atomic E-state index is 11.8. The van der Waals surface area contributed by atoms with Crippen LogP contribution in [0.25, 0.3) is 0 Å². The van der Waals surface area contributed by atoms with E-state index >= 15 is 0 Å². The van der Waals surface area contributed by atoms with Crippen LogP contribution < -0.4 is 10.3 Å². The third-order valence-corrected chi connectivity index (χ3v) is 3.75. The highest BCUT2D eigenvalue weighted by Crippen LogP contribution is 2.29. The van der Waals surface area contributed by atoms with Gasteiger partial charge in [-0.15, -0.1) is 0 Å². The molecule has 1 aromatic carbocycles. The fourth-order valence-corrected chi connectivity index (χ4v) is 2.54. The Morgan fingerprint density at radius 2 is 2.18 bits per heavy atom. The number of carbonyl (C=O) groups excluding carboxylic acids is 2. The van der Waals surface area contributed by atoms with Gasteiger partial charge in [0.15, 0.2) is 0 Å². The van der Waals surface area contributed by atoms with Crippen molar-refractivity contribution < 1.29 is 22.6 Å². The molecule has 0 unspecified atom stereocenters. The predicted molar refractivity (Wildman–Crippen MR) is 80.3 cm³/mol. The Morgan fingerprint density at radius 3 is 2.68 bits per heavy atom. The van der Waals surface area contributed by atoms with Gasteiger partial charge in [0.2, 0.25) is 5.91 Å². The van der Waals surface area contributed by atoms with E-state index in [0.717, 1.165) is 17.2 Å². The number of nitrogens with one attached hydrogen (secondary N) is 1. The van der Waals surface area contributed by atoms with Gasteiger partial charge in [-0.25, -0.2) is 5.01 Å². The SMILES string of the molecule is C=CC(=O)Nc1cc(N2N=C(C)CC2=O)ccc1S(=O)(=O)O. The number of rotatable bonds is 4. The van der Waals surface area contributed by atoms with Crippen LogP contribution in [0.1, 0.15) is 13.3 Å². The predicted octanol–water partition coefficient (Wildman–Crippen LogP) is 1.17. The van der Waals surface area contributed by atoms with Crippen LogP contribution in [0.5, 0.6) is 0 Å². The summed E-state index contributed by atoms with van der Waals surface area (Å²) in [6.45, 7) is 4.95. The molecule has 0 aromatic heterocycles. The molecule has 2 amide bonds. The van der Waals surface area contributed by atoms with Gasteiger partial charge < -0.3 is 5.32 Å². The first-order valence-electron chi connectivity index (χ1n) is 6.14. The monoisotopic (exact) mass is 323 g/mol. The maximum absolute atomic E-state index is 11.8. The number of anilines is 2. The van der Waals surface area contributed by atoms with E-state index in [2.05, 4.69) is 17.0 Å². The molecule has 0 radical (unpaired) electrons. The Morgan fingerprint density at radius 1 is 1.50 bits per heavy atom. The average Bonchev–Trinajstić information content (AvgIpc) is 2.76. The smallest absolute Gasteiger partial charge is 0.296 e. The molecular formula is C13H13N3O5S. The molecule has 116 valence electrons. The van der Waals surface area contributed by atoms with E-state index in [0.29, 0.717) is 5.71 Å². The first-order valence-corrected chi connectivity index (χ1v) is 7.58. The zero-order valence-corrected chi connectivity index (χ0v) is 12.4. The van der Waals surface area contributed by atoms with Gasteiger partial charge in [0, 0.05) is 5.71 Å². The van der Waals surface area contributed by atoms with Crippen molar-refractivity contribution in [1.82, 2.24) is 0 Å². The standard InChI is InChI=1S/C13H13N3O5S/c1-3-12(17)14-10-7-9(4-5-11(10)22(19,20)21)16-13(18)6-8(2)15-16/h3-5,7H,1,6H2,2H3,(H,14,17)(H,19,20,21). The number of nitrogens with zero attached hydrogens (tertiary/aromatic N) is 2. The van der Waals surface area contributed by atoms with E-state index in [1.54, 1.807) is 6.92 Å². The van der Waals surface area contributed by atoms with Gasteiger partial charge in [-0.1, -0.05) is 6.58 Å². The van der Waals surface area contributed by atoms with Crippen LogP contribution in [0.4, 0.5) is 11.4 Å². The lowest BCUT2D eigenvalue weighted by Crippen LogP contribution is -2.20. The number of hydrogen-bond donors (Lipinski definition) is 2. The van der Waals surface area contributed by atoms with Crippen LogP contribution in [0.2, 0.25) is 0 Å². The molecule has 22 heavy (non-hydrogen) atoms. The van der Waals surface area contributed by atoms with Crippen LogP contribution in [0.15, 0.2) is 40.9 Å². The number of benzene rings is 1. The van der Waals surface area contributed by atoms with E-state index < -0.39 is 20.9 Å². The molecule has 0 bridgehead atoms. The van der Waals surface area contributed by atoms with Gasteiger partial charge in [0.25, 0.3) is 16.0 Å². The molecule has 1 heterocycles. The largest absolute Gasteiger partial charge is 0.321 e. The second kappa shape index (κ2) is 5.70. The lowest BCUT2D eigenvalue weighted by molar-refractivity contribution is -0.117. The Hall–Kier alpha value is -2.52. The topological polar surface area (TPSA) is 116 Å². The molecule has 0 aliphatic carbocycles. The van der Waals surface area contributed by atoms with Crippen molar-refractivity contribution in [3.05, 3.63) is 30.9 Å². The molecule has 2 rings (SSSR count). The van der Waals surface area contributed by atoms with E-state index in [-0.39, 0.29) is 23.7 Å². The Balaban J connectivity index is 2.52. The molecule has 1 aromatic rings. The Bertz CT molecular complexity index is 798. The van der Waals surface area contributed by atoms with Crippen LogP contribution in [-0.4, -0.2) is 30.5 Å². The van der Waals surface area contributed by atoms with Gasteiger partial charge in [-0.3, -0.25) is 14.1 Å². The zero-order valence-electron chi connectivity index (χ0n) is 11.6. The van der Waals surface area contributed by atoms with Gasteiger partial charge in [0.1, 0.15) is 4.90 Å². The third-order valence-electron chi connectivity index (χ3n) is 2.84. The van der Waals surface area contributed by atoms with Gasteiger partial charge in [-0.2, -0.15) is 13.5 Å². The quantitative estimate of drug-likeness (QED) is 0.637. The van der Waals surface area contributed by atoms with Crippen LogP contribution in [0.3, 0.4) is 0 Å². The van der Waals surface area contributed by atoms with Gasteiger partial charge in [0.05, 0.1) is 17.8 Å². The van der Waals surface area contributed by atoms with Gasteiger partial charge >= 0.3 is 0 Å². The zero-order chi connectivity index (χ0) is 16.5. The molecule has 0 spiro atoms. The van der Waals surface area contributed by atoms with Gasteiger partial charge in [-0.05, 0) is 31.2 Å². The van der Waals surface area contributed by atoms with Crippen molar-refractivity contribution in [2.24, 2.45) is 5.10 Å². The summed E-state index contributed by atoms with van der Waals surface area (Å²) < 4.78 is 31.9. The van der Waals surface area contributed by atoms with Crippen molar-refractivity contribution in [2.75, 3.05) is 10.3 Å². The minimum absolute atomic E-state index is 0.161. The molecule has 0 saturated heterocycles. The highest BCUT2D eigenvalue weighted by Gasteiger charge is 2.25. The molecule has 0 fully saturated rings. The van der Waals surface area contributed by atoms with Crippen LogP contribution >= 0.6 is 0 Å². The summed E-state index contributed by atoms with van der Waals surface area (Å²) in [6, 6.07) is 3.64. The number of amides is 2. The highest BCUT2D eigenvalue weighted by molar-refractivity contribution is 7.86. The molecular weight excluding hydrogens is 310 g/mol. The first-order chi connectivity index (χ1) is 10.2. The summed E-state index contributed by atoms with van der Waals surface area (Å²) in [5.74, 6) is -0.937. The minimum atomic E-state index is -4.54. The highest BCUT2D eigenvalue weighted by atomic mass is 32.2.